The van der Waals surface area contributed by atoms with Crippen LogP contribution >= 0.6 is 0 Å². The van der Waals surface area contributed by atoms with Crippen LogP contribution in [0, 0.1) is 0 Å². The molecule has 11 nitrogen and oxygen atoms in total. The standard InChI is InChI=1S/C29H43N5O6S/c1-5-8-25-24-21-26(30-29(35)28(24)32(4)31-25)23-20-22(9-10-27(23)40-16-6-2)41(36,37)34(15-19-38-7-3)12-11-33-13-17-39-18-14-33/h9-10,20-21H,5-8,11-19H2,1-4H3,(H,30,35). The van der Waals surface area contributed by atoms with Gasteiger partial charge >= 0.3 is 0 Å². The Kier molecular flexibility index (Phi) is 11.0. The highest BCUT2D eigenvalue weighted by molar-refractivity contribution is 7.89. The number of hydrogen-bond acceptors (Lipinski definition) is 8. The number of nitrogens with one attached hydrogen (secondary N) is 1. The van der Waals surface area contributed by atoms with E-state index in [9.17, 15) is 13.2 Å². The molecule has 1 aliphatic heterocycles. The highest BCUT2D eigenvalue weighted by Gasteiger charge is 2.27. The average molecular weight is 590 g/mol. The Hall–Kier alpha value is -2.77. The number of sulfonamides is 1. The van der Waals surface area contributed by atoms with Gasteiger partial charge in [0.15, 0.2) is 0 Å². The number of pyridine rings is 1. The Labute approximate surface area is 242 Å². The minimum absolute atomic E-state index is 0.135. The van der Waals surface area contributed by atoms with Crippen molar-refractivity contribution in [3.63, 3.8) is 0 Å². The first-order valence-electron chi connectivity index (χ1n) is 14.5. The van der Waals surface area contributed by atoms with Gasteiger partial charge in [0.2, 0.25) is 10.0 Å². The van der Waals surface area contributed by atoms with Crippen LogP contribution in [0.2, 0.25) is 0 Å². The molecular formula is C29H43N5O6S. The molecule has 1 N–H and O–H groups in total. The first kappa shape index (κ1) is 31.2. The Morgan fingerprint density at radius 2 is 1.85 bits per heavy atom. The van der Waals surface area contributed by atoms with Crippen molar-refractivity contribution in [2.75, 3.05) is 65.8 Å². The molecule has 4 rings (SSSR count). The van der Waals surface area contributed by atoms with Crippen LogP contribution in [0.3, 0.4) is 0 Å². The summed E-state index contributed by atoms with van der Waals surface area (Å²) in [6.45, 7) is 11.2. The summed E-state index contributed by atoms with van der Waals surface area (Å²) in [7, 11) is -2.13. The number of aryl methyl sites for hydroxylation is 2. The second kappa shape index (κ2) is 14.4. The molecule has 0 spiro atoms. The minimum atomic E-state index is -3.88. The molecule has 1 aliphatic rings. The van der Waals surface area contributed by atoms with Crippen molar-refractivity contribution in [3.05, 3.63) is 40.3 Å². The van der Waals surface area contributed by atoms with Crippen molar-refractivity contribution in [2.24, 2.45) is 7.05 Å². The van der Waals surface area contributed by atoms with Crippen LogP contribution in [-0.2, 0) is 33.0 Å². The summed E-state index contributed by atoms with van der Waals surface area (Å²) in [4.78, 5) is 18.5. The van der Waals surface area contributed by atoms with Crippen LogP contribution in [0.4, 0.5) is 0 Å². The highest BCUT2D eigenvalue weighted by atomic mass is 32.2. The summed E-state index contributed by atoms with van der Waals surface area (Å²) >= 11 is 0. The van der Waals surface area contributed by atoms with E-state index in [0.29, 0.717) is 68.6 Å². The lowest BCUT2D eigenvalue weighted by Crippen LogP contribution is -2.44. The molecule has 1 fully saturated rings. The number of fused-ring (bicyclic) bond motifs is 1. The number of rotatable bonds is 15. The Morgan fingerprint density at radius 3 is 2.56 bits per heavy atom. The number of H-pyrrole nitrogens is 1. The van der Waals surface area contributed by atoms with Crippen molar-refractivity contribution in [3.8, 4) is 17.0 Å². The monoisotopic (exact) mass is 589 g/mol. The molecule has 0 amide bonds. The number of hydrogen-bond donors (Lipinski definition) is 1. The Balaban J connectivity index is 1.75. The van der Waals surface area contributed by atoms with Gasteiger partial charge in [-0.2, -0.15) is 9.40 Å². The lowest BCUT2D eigenvalue weighted by molar-refractivity contribution is 0.0354. The predicted octanol–water partition coefficient (Wildman–Crippen LogP) is 3.03. The first-order valence-corrected chi connectivity index (χ1v) is 16.0. The molecule has 41 heavy (non-hydrogen) atoms. The SMILES string of the molecule is CCCOc1ccc(S(=O)(=O)N(CCOCC)CCN2CCOCC2)cc1-c1cc2c(CCC)nn(C)c2c(=O)[nH]1. The summed E-state index contributed by atoms with van der Waals surface area (Å²) in [6, 6.07) is 6.75. The minimum Gasteiger partial charge on any atom is -0.493 e. The third-order valence-electron chi connectivity index (χ3n) is 7.20. The summed E-state index contributed by atoms with van der Waals surface area (Å²) in [5, 5.41) is 5.32. The first-order chi connectivity index (χ1) is 19.8. The summed E-state index contributed by atoms with van der Waals surface area (Å²) in [5.74, 6) is 0.510. The normalized spacial score (nSPS) is 14.8. The van der Waals surface area contributed by atoms with E-state index < -0.39 is 10.0 Å². The fraction of sp³-hybridized carbons (Fsp3) is 0.586. The van der Waals surface area contributed by atoms with Gasteiger partial charge in [-0.05, 0) is 44.0 Å². The van der Waals surface area contributed by atoms with Crippen LogP contribution in [0.15, 0.2) is 34.0 Å². The molecule has 0 atom stereocenters. The van der Waals surface area contributed by atoms with E-state index >= 15 is 0 Å². The molecule has 1 saturated heterocycles. The van der Waals surface area contributed by atoms with Gasteiger partial charge in [0, 0.05) is 57.3 Å². The zero-order valence-electron chi connectivity index (χ0n) is 24.6. The second-order valence-electron chi connectivity index (χ2n) is 10.2. The number of benzene rings is 1. The van der Waals surface area contributed by atoms with Gasteiger partial charge in [0.25, 0.3) is 5.56 Å². The van der Waals surface area contributed by atoms with Crippen molar-refractivity contribution in [1.29, 1.82) is 0 Å². The van der Waals surface area contributed by atoms with E-state index in [1.807, 2.05) is 19.9 Å². The number of aromatic amines is 1. The topological polar surface area (TPSA) is 119 Å². The predicted molar refractivity (Wildman–Crippen MR) is 159 cm³/mol. The molecule has 0 aliphatic carbocycles. The molecule has 1 aromatic carbocycles. The zero-order valence-corrected chi connectivity index (χ0v) is 25.5. The van der Waals surface area contributed by atoms with Crippen LogP contribution < -0.4 is 10.3 Å². The van der Waals surface area contributed by atoms with Crippen molar-refractivity contribution < 1.29 is 22.6 Å². The van der Waals surface area contributed by atoms with Crippen LogP contribution in [0.5, 0.6) is 5.75 Å². The quantitative estimate of drug-likeness (QED) is 0.269. The lowest BCUT2D eigenvalue weighted by Gasteiger charge is -2.29. The van der Waals surface area contributed by atoms with Crippen LogP contribution in [0.1, 0.15) is 39.3 Å². The van der Waals surface area contributed by atoms with E-state index in [0.717, 1.165) is 43.4 Å². The Morgan fingerprint density at radius 1 is 1.07 bits per heavy atom. The van der Waals surface area contributed by atoms with Crippen molar-refractivity contribution in [2.45, 2.75) is 44.9 Å². The number of aromatic nitrogens is 3. The zero-order chi connectivity index (χ0) is 29.4. The fourth-order valence-electron chi connectivity index (χ4n) is 5.05. The van der Waals surface area contributed by atoms with Crippen molar-refractivity contribution >= 4 is 20.9 Å². The molecule has 2 aromatic heterocycles. The Bertz CT molecular complexity index is 1460. The molecule has 0 radical (unpaired) electrons. The van der Waals surface area contributed by atoms with Gasteiger partial charge in [-0.25, -0.2) is 8.42 Å². The average Bonchev–Trinajstić information content (AvgIpc) is 3.29. The molecule has 3 heterocycles. The number of ether oxygens (including phenoxy) is 3. The van der Waals surface area contributed by atoms with Gasteiger partial charge in [0.1, 0.15) is 11.3 Å². The third kappa shape index (κ3) is 7.36. The van der Waals surface area contributed by atoms with E-state index in [1.54, 1.807) is 29.9 Å². The van der Waals surface area contributed by atoms with E-state index in [2.05, 4.69) is 21.9 Å². The molecular weight excluding hydrogens is 546 g/mol. The maximum Gasteiger partial charge on any atom is 0.274 e. The van der Waals surface area contributed by atoms with E-state index in [1.165, 1.54) is 4.31 Å². The molecule has 0 bridgehead atoms. The largest absolute Gasteiger partial charge is 0.493 e. The number of nitrogens with zero attached hydrogens (tertiary/aromatic N) is 4. The van der Waals surface area contributed by atoms with Crippen LogP contribution in [-0.4, -0.2) is 98.1 Å². The molecule has 0 saturated carbocycles. The molecule has 226 valence electrons. The summed E-state index contributed by atoms with van der Waals surface area (Å²) in [6.07, 6.45) is 2.39. The second-order valence-corrected chi connectivity index (χ2v) is 12.1. The highest BCUT2D eigenvalue weighted by Crippen LogP contribution is 2.34. The fourth-order valence-corrected chi connectivity index (χ4v) is 6.49. The van der Waals surface area contributed by atoms with E-state index in [-0.39, 0.29) is 17.0 Å². The molecule has 12 heteroatoms. The third-order valence-corrected chi connectivity index (χ3v) is 9.09. The number of morpholine rings is 1. The van der Waals surface area contributed by atoms with Gasteiger partial charge < -0.3 is 19.2 Å². The smallest absolute Gasteiger partial charge is 0.274 e. The summed E-state index contributed by atoms with van der Waals surface area (Å²) < 4.78 is 48.1. The molecule has 0 unspecified atom stereocenters. The lowest BCUT2D eigenvalue weighted by atomic mass is 10.1. The van der Waals surface area contributed by atoms with Gasteiger partial charge in [-0.15, -0.1) is 0 Å². The van der Waals surface area contributed by atoms with Crippen LogP contribution in [0.25, 0.3) is 22.2 Å². The van der Waals surface area contributed by atoms with Gasteiger partial charge in [-0.3, -0.25) is 14.4 Å². The maximum absolute atomic E-state index is 14.0. The summed E-state index contributed by atoms with van der Waals surface area (Å²) in [5.41, 5.74) is 2.05. The maximum atomic E-state index is 14.0. The molecule has 3 aromatic rings. The van der Waals surface area contributed by atoms with Crippen molar-refractivity contribution in [1.82, 2.24) is 24.0 Å². The van der Waals surface area contributed by atoms with E-state index in [4.69, 9.17) is 14.2 Å². The van der Waals surface area contributed by atoms with Gasteiger partial charge in [0.05, 0.1) is 42.7 Å². The van der Waals surface area contributed by atoms with Gasteiger partial charge in [-0.1, -0.05) is 20.3 Å².